The van der Waals surface area contributed by atoms with Gasteiger partial charge in [-0.1, -0.05) is 31.3 Å². The van der Waals surface area contributed by atoms with Crippen molar-refractivity contribution in [3.63, 3.8) is 0 Å². The quantitative estimate of drug-likeness (QED) is 0.844. The molecule has 0 bridgehead atoms. The Balaban J connectivity index is 2.29. The fourth-order valence-electron chi connectivity index (χ4n) is 2.97. The molecule has 1 heterocycles. The maximum absolute atomic E-state index is 12.8. The zero-order valence-electron chi connectivity index (χ0n) is 12.5. The van der Waals surface area contributed by atoms with Crippen molar-refractivity contribution >= 4 is 27.2 Å². The SMILES string of the molecule is CCC1CCC(C)N1S(=O)(=O)c1ccc(CC(N)=S)cc1. The van der Waals surface area contributed by atoms with E-state index in [1.165, 1.54) is 0 Å². The van der Waals surface area contributed by atoms with Crippen LogP contribution in [0.3, 0.4) is 0 Å². The topological polar surface area (TPSA) is 63.4 Å². The summed E-state index contributed by atoms with van der Waals surface area (Å²) >= 11 is 4.87. The Labute approximate surface area is 132 Å². The molecule has 1 aromatic rings. The lowest BCUT2D eigenvalue weighted by atomic mass is 10.1. The van der Waals surface area contributed by atoms with E-state index in [1.54, 1.807) is 28.6 Å². The van der Waals surface area contributed by atoms with Crippen LogP contribution in [0, 0.1) is 0 Å². The van der Waals surface area contributed by atoms with Gasteiger partial charge < -0.3 is 5.73 Å². The highest BCUT2D eigenvalue weighted by molar-refractivity contribution is 7.89. The Morgan fingerprint density at radius 1 is 1.33 bits per heavy atom. The third-order valence-corrected chi connectivity index (χ3v) is 6.29. The maximum atomic E-state index is 12.8. The Hall–Kier alpha value is -0.980. The molecule has 0 radical (unpaired) electrons. The molecule has 116 valence electrons. The second kappa shape index (κ2) is 6.42. The van der Waals surface area contributed by atoms with E-state index in [9.17, 15) is 8.42 Å². The minimum atomic E-state index is -3.43. The summed E-state index contributed by atoms with van der Waals surface area (Å²) in [7, 11) is -3.43. The smallest absolute Gasteiger partial charge is 0.243 e. The summed E-state index contributed by atoms with van der Waals surface area (Å²) in [6.07, 6.45) is 3.21. The molecule has 0 spiro atoms. The van der Waals surface area contributed by atoms with Gasteiger partial charge in [0.15, 0.2) is 0 Å². The number of sulfonamides is 1. The van der Waals surface area contributed by atoms with Crippen LogP contribution < -0.4 is 5.73 Å². The standard InChI is InChI=1S/C15H22N2O2S2/c1-3-13-7-4-11(2)17(13)21(18,19)14-8-5-12(6-9-14)10-15(16)20/h5-6,8-9,11,13H,3-4,7,10H2,1-2H3,(H2,16,20). The third-order valence-electron chi connectivity index (χ3n) is 4.06. The Morgan fingerprint density at radius 3 is 2.48 bits per heavy atom. The minimum Gasteiger partial charge on any atom is -0.393 e. The lowest BCUT2D eigenvalue weighted by Gasteiger charge is -2.27. The Kier molecular flexibility index (Phi) is 5.01. The summed E-state index contributed by atoms with van der Waals surface area (Å²) in [5, 5.41) is 0. The van der Waals surface area contributed by atoms with E-state index in [2.05, 4.69) is 0 Å². The van der Waals surface area contributed by atoms with Gasteiger partial charge >= 0.3 is 0 Å². The average molecular weight is 326 g/mol. The van der Waals surface area contributed by atoms with Crippen LogP contribution in [-0.4, -0.2) is 29.8 Å². The van der Waals surface area contributed by atoms with Gasteiger partial charge in [0, 0.05) is 18.5 Å². The van der Waals surface area contributed by atoms with Crippen molar-refractivity contribution in [3.05, 3.63) is 29.8 Å². The van der Waals surface area contributed by atoms with Crippen molar-refractivity contribution in [2.24, 2.45) is 5.73 Å². The van der Waals surface area contributed by atoms with E-state index in [-0.39, 0.29) is 12.1 Å². The van der Waals surface area contributed by atoms with Crippen molar-refractivity contribution in [3.8, 4) is 0 Å². The highest BCUT2D eigenvalue weighted by Gasteiger charge is 2.38. The summed E-state index contributed by atoms with van der Waals surface area (Å²) in [6, 6.07) is 7.06. The van der Waals surface area contributed by atoms with Gasteiger partial charge in [-0.2, -0.15) is 4.31 Å². The molecule has 1 saturated heterocycles. The molecular weight excluding hydrogens is 304 g/mol. The first-order chi connectivity index (χ1) is 9.86. The van der Waals surface area contributed by atoms with Gasteiger partial charge in [-0.05, 0) is 43.9 Å². The fourth-order valence-corrected chi connectivity index (χ4v) is 5.08. The Morgan fingerprint density at radius 2 is 1.95 bits per heavy atom. The number of rotatable bonds is 5. The molecule has 21 heavy (non-hydrogen) atoms. The van der Waals surface area contributed by atoms with E-state index < -0.39 is 10.0 Å². The second-order valence-electron chi connectivity index (χ2n) is 5.61. The second-order valence-corrected chi connectivity index (χ2v) is 7.98. The van der Waals surface area contributed by atoms with Crippen molar-refractivity contribution < 1.29 is 8.42 Å². The lowest BCUT2D eigenvalue weighted by Crippen LogP contribution is -2.39. The van der Waals surface area contributed by atoms with Gasteiger partial charge in [0.1, 0.15) is 0 Å². The van der Waals surface area contributed by atoms with Crippen LogP contribution >= 0.6 is 12.2 Å². The molecule has 1 aromatic carbocycles. The third kappa shape index (κ3) is 3.44. The lowest BCUT2D eigenvalue weighted by molar-refractivity contribution is 0.328. The minimum absolute atomic E-state index is 0.0660. The molecule has 0 aliphatic carbocycles. The van der Waals surface area contributed by atoms with Crippen molar-refractivity contribution in [2.75, 3.05) is 0 Å². The van der Waals surface area contributed by atoms with Crippen LogP contribution in [0.2, 0.25) is 0 Å². The van der Waals surface area contributed by atoms with Crippen LogP contribution in [-0.2, 0) is 16.4 Å². The molecule has 0 saturated carbocycles. The normalized spacial score (nSPS) is 23.3. The van der Waals surface area contributed by atoms with Crippen LogP contribution in [0.5, 0.6) is 0 Å². The van der Waals surface area contributed by atoms with Gasteiger partial charge in [0.2, 0.25) is 10.0 Å². The summed E-state index contributed by atoms with van der Waals surface area (Å²) in [4.78, 5) is 0.756. The maximum Gasteiger partial charge on any atom is 0.243 e. The van der Waals surface area contributed by atoms with Gasteiger partial charge in [-0.15, -0.1) is 0 Å². The number of hydrogen-bond donors (Lipinski definition) is 1. The molecule has 2 unspecified atom stereocenters. The number of nitrogens with zero attached hydrogens (tertiary/aromatic N) is 1. The van der Waals surface area contributed by atoms with E-state index in [0.29, 0.717) is 16.3 Å². The van der Waals surface area contributed by atoms with E-state index >= 15 is 0 Å². The first-order valence-corrected chi connectivity index (χ1v) is 9.12. The van der Waals surface area contributed by atoms with Crippen LogP contribution in [0.15, 0.2) is 29.2 Å². The number of thiocarbonyl (C=S) groups is 1. The molecule has 1 aliphatic rings. The van der Waals surface area contributed by atoms with Crippen LogP contribution in [0.1, 0.15) is 38.7 Å². The van der Waals surface area contributed by atoms with Gasteiger partial charge in [-0.3, -0.25) is 0 Å². The van der Waals surface area contributed by atoms with E-state index in [4.69, 9.17) is 18.0 Å². The molecule has 1 fully saturated rings. The molecule has 0 aromatic heterocycles. The monoisotopic (exact) mass is 326 g/mol. The molecule has 1 aliphatic heterocycles. The Bertz CT molecular complexity index is 611. The predicted octanol–water partition coefficient (Wildman–Crippen LogP) is 2.47. The average Bonchev–Trinajstić information content (AvgIpc) is 2.80. The van der Waals surface area contributed by atoms with Gasteiger partial charge in [-0.25, -0.2) is 8.42 Å². The highest BCUT2D eigenvalue weighted by atomic mass is 32.2. The first kappa shape index (κ1) is 16.4. The summed E-state index contributed by atoms with van der Waals surface area (Å²) in [5.41, 5.74) is 6.44. The van der Waals surface area contributed by atoms with Crippen molar-refractivity contribution in [2.45, 2.75) is 56.5 Å². The summed E-state index contributed by atoms with van der Waals surface area (Å²) in [6.45, 7) is 4.02. The largest absolute Gasteiger partial charge is 0.393 e. The highest BCUT2D eigenvalue weighted by Crippen LogP contribution is 2.32. The van der Waals surface area contributed by atoms with Crippen LogP contribution in [0.25, 0.3) is 0 Å². The fraction of sp³-hybridized carbons (Fsp3) is 0.533. The molecule has 4 nitrogen and oxygen atoms in total. The molecule has 2 rings (SSSR count). The predicted molar refractivity (Wildman–Crippen MR) is 88.7 cm³/mol. The summed E-state index contributed by atoms with van der Waals surface area (Å²) < 4.78 is 27.3. The number of hydrogen-bond acceptors (Lipinski definition) is 3. The number of benzene rings is 1. The van der Waals surface area contributed by atoms with E-state index in [0.717, 1.165) is 24.8 Å². The zero-order valence-corrected chi connectivity index (χ0v) is 14.1. The van der Waals surface area contributed by atoms with Gasteiger partial charge in [0.25, 0.3) is 0 Å². The van der Waals surface area contributed by atoms with Crippen molar-refractivity contribution in [1.82, 2.24) is 4.31 Å². The molecule has 2 atom stereocenters. The molecule has 6 heteroatoms. The van der Waals surface area contributed by atoms with Crippen LogP contribution in [0.4, 0.5) is 0 Å². The van der Waals surface area contributed by atoms with Gasteiger partial charge in [0.05, 0.1) is 9.88 Å². The summed E-state index contributed by atoms with van der Waals surface area (Å²) in [5.74, 6) is 0. The molecule has 0 amide bonds. The molecular formula is C15H22N2O2S2. The molecule has 2 N–H and O–H groups in total. The zero-order chi connectivity index (χ0) is 15.6. The van der Waals surface area contributed by atoms with Crippen molar-refractivity contribution in [1.29, 1.82) is 0 Å². The first-order valence-electron chi connectivity index (χ1n) is 7.27. The number of nitrogens with two attached hydrogens (primary N) is 1. The van der Waals surface area contributed by atoms with E-state index in [1.807, 2.05) is 13.8 Å².